The molecule has 6 heteroatoms. The van der Waals surface area contributed by atoms with Gasteiger partial charge in [-0.3, -0.25) is 14.4 Å². The molecule has 1 N–H and O–H groups in total. The minimum atomic E-state index is -0.591. The molecule has 3 aromatic rings. The molecule has 4 rings (SSSR count). The van der Waals surface area contributed by atoms with E-state index in [2.05, 4.69) is 5.32 Å². The normalized spacial score (nSPS) is 13.7. The number of carbonyl (C=O) groups is 3. The van der Waals surface area contributed by atoms with Gasteiger partial charge in [-0.15, -0.1) is 0 Å². The molecule has 0 unspecified atom stereocenters. The van der Waals surface area contributed by atoms with Crippen LogP contribution in [0.3, 0.4) is 0 Å². The quantitative estimate of drug-likeness (QED) is 0.466. The highest BCUT2D eigenvalue weighted by molar-refractivity contribution is 6.25. The molecule has 0 aliphatic carbocycles. The van der Waals surface area contributed by atoms with E-state index >= 15 is 0 Å². The van der Waals surface area contributed by atoms with Crippen LogP contribution in [0, 0.1) is 0 Å². The van der Waals surface area contributed by atoms with E-state index < -0.39 is 6.04 Å². The Balaban J connectivity index is 1.43. The molecular weight excluding hydrogens is 450 g/mol. The fourth-order valence-corrected chi connectivity index (χ4v) is 4.78. The second kappa shape index (κ2) is 10.5. The van der Waals surface area contributed by atoms with Gasteiger partial charge in [-0.1, -0.05) is 54.6 Å². The van der Waals surface area contributed by atoms with Gasteiger partial charge in [0.25, 0.3) is 5.91 Å². The first-order chi connectivity index (χ1) is 17.2. The zero-order valence-corrected chi connectivity index (χ0v) is 21.6. The van der Waals surface area contributed by atoms with E-state index in [0.29, 0.717) is 31.5 Å². The summed E-state index contributed by atoms with van der Waals surface area (Å²) in [5.74, 6) is -0.265. The van der Waals surface area contributed by atoms with Crippen LogP contribution in [0.2, 0.25) is 0 Å². The molecular formula is C30H35N3O3. The third-order valence-corrected chi connectivity index (χ3v) is 6.57. The summed E-state index contributed by atoms with van der Waals surface area (Å²) in [5, 5.41) is 5.02. The summed E-state index contributed by atoms with van der Waals surface area (Å²) in [6, 6.07) is 21.1. The Hall–Kier alpha value is -3.67. The van der Waals surface area contributed by atoms with E-state index in [4.69, 9.17) is 0 Å². The summed E-state index contributed by atoms with van der Waals surface area (Å²) in [7, 11) is 0. The van der Waals surface area contributed by atoms with Crippen molar-refractivity contribution in [1.29, 1.82) is 0 Å². The molecule has 0 aromatic heterocycles. The summed E-state index contributed by atoms with van der Waals surface area (Å²) in [6.45, 7) is 8.48. The van der Waals surface area contributed by atoms with Crippen molar-refractivity contribution in [2.24, 2.45) is 0 Å². The average molecular weight is 486 g/mol. The maximum absolute atomic E-state index is 13.4. The highest BCUT2D eigenvalue weighted by Gasteiger charge is 2.31. The summed E-state index contributed by atoms with van der Waals surface area (Å²) < 4.78 is 0. The number of nitrogens with one attached hydrogen (secondary N) is 1. The van der Waals surface area contributed by atoms with Crippen molar-refractivity contribution in [3.8, 4) is 0 Å². The van der Waals surface area contributed by atoms with Crippen molar-refractivity contribution in [2.45, 2.75) is 58.5 Å². The van der Waals surface area contributed by atoms with Gasteiger partial charge < -0.3 is 15.1 Å². The predicted octanol–water partition coefficient (Wildman–Crippen LogP) is 4.95. The Labute approximate surface area is 213 Å². The predicted molar refractivity (Wildman–Crippen MR) is 144 cm³/mol. The first-order valence-corrected chi connectivity index (χ1v) is 12.6. The van der Waals surface area contributed by atoms with Crippen LogP contribution in [0.15, 0.2) is 66.7 Å². The van der Waals surface area contributed by atoms with Crippen LogP contribution in [0.4, 0.5) is 5.69 Å². The molecule has 1 atom stereocenters. The van der Waals surface area contributed by atoms with Gasteiger partial charge in [0, 0.05) is 36.0 Å². The lowest BCUT2D eigenvalue weighted by atomic mass is 10.1. The smallest absolute Gasteiger partial charge is 0.258 e. The molecule has 188 valence electrons. The van der Waals surface area contributed by atoms with Crippen LogP contribution in [0.25, 0.3) is 10.8 Å². The molecule has 0 fully saturated rings. The van der Waals surface area contributed by atoms with E-state index in [0.717, 1.165) is 22.0 Å². The molecule has 0 radical (unpaired) electrons. The lowest BCUT2D eigenvalue weighted by Crippen LogP contribution is -2.53. The topological polar surface area (TPSA) is 69.7 Å². The minimum Gasteiger partial charge on any atom is -0.350 e. The first kappa shape index (κ1) is 25.4. The lowest BCUT2D eigenvalue weighted by molar-refractivity contribution is -0.140. The Kier molecular flexibility index (Phi) is 7.43. The van der Waals surface area contributed by atoms with E-state index in [-0.39, 0.29) is 29.7 Å². The third-order valence-electron chi connectivity index (χ3n) is 6.57. The molecule has 3 aromatic carbocycles. The van der Waals surface area contributed by atoms with Crippen molar-refractivity contribution < 1.29 is 14.4 Å². The molecule has 0 bridgehead atoms. The fourth-order valence-electron chi connectivity index (χ4n) is 4.78. The zero-order valence-electron chi connectivity index (χ0n) is 21.6. The number of nitrogens with zero attached hydrogens (tertiary/aromatic N) is 2. The van der Waals surface area contributed by atoms with Gasteiger partial charge in [0.15, 0.2) is 0 Å². The van der Waals surface area contributed by atoms with Gasteiger partial charge >= 0.3 is 0 Å². The molecule has 1 aliphatic rings. The summed E-state index contributed by atoms with van der Waals surface area (Å²) >= 11 is 0. The number of carbonyl (C=O) groups excluding carboxylic acids is 3. The Morgan fingerprint density at radius 2 is 1.67 bits per heavy atom. The number of benzene rings is 3. The Morgan fingerprint density at radius 3 is 2.36 bits per heavy atom. The van der Waals surface area contributed by atoms with Crippen LogP contribution in [-0.2, 0) is 16.0 Å². The summed E-state index contributed by atoms with van der Waals surface area (Å²) in [4.78, 5) is 42.8. The second-order valence-electron chi connectivity index (χ2n) is 10.5. The van der Waals surface area contributed by atoms with Crippen LogP contribution < -0.4 is 10.2 Å². The molecule has 6 nitrogen and oxygen atoms in total. The standard InChI is InChI=1S/C30H35N3O3/c1-21(28(35)31-30(2,3)4)32(20-18-22-11-6-5-7-12-22)26(34)17-10-19-33-25-16-9-14-23-13-8-15-24(27(23)25)29(33)36/h5-9,11-16,21H,10,17-20H2,1-4H3,(H,31,35)/t21-/m1/s1. The summed E-state index contributed by atoms with van der Waals surface area (Å²) in [6.07, 6.45) is 1.45. The van der Waals surface area contributed by atoms with Gasteiger partial charge in [0.05, 0.1) is 5.69 Å². The maximum Gasteiger partial charge on any atom is 0.258 e. The first-order valence-electron chi connectivity index (χ1n) is 12.6. The van der Waals surface area contributed by atoms with E-state index in [1.54, 1.807) is 16.7 Å². The largest absolute Gasteiger partial charge is 0.350 e. The Morgan fingerprint density at radius 1 is 0.972 bits per heavy atom. The molecule has 1 heterocycles. The SMILES string of the molecule is C[C@H](C(=O)NC(C)(C)C)N(CCc1ccccc1)C(=O)CCCN1C(=O)c2cccc3cccc1c23. The van der Waals surface area contributed by atoms with Crippen LogP contribution in [0.1, 0.15) is 56.5 Å². The van der Waals surface area contributed by atoms with E-state index in [1.165, 1.54) is 0 Å². The number of hydrogen-bond acceptors (Lipinski definition) is 3. The molecule has 0 saturated carbocycles. The highest BCUT2D eigenvalue weighted by atomic mass is 16.2. The fraction of sp³-hybridized carbons (Fsp3) is 0.367. The zero-order chi connectivity index (χ0) is 25.9. The molecule has 36 heavy (non-hydrogen) atoms. The number of hydrogen-bond donors (Lipinski definition) is 1. The molecule has 3 amide bonds. The van der Waals surface area contributed by atoms with Gasteiger partial charge in [0.2, 0.25) is 11.8 Å². The van der Waals surface area contributed by atoms with Crippen LogP contribution in [-0.4, -0.2) is 47.3 Å². The Bertz CT molecular complexity index is 1260. The van der Waals surface area contributed by atoms with Crippen LogP contribution >= 0.6 is 0 Å². The van der Waals surface area contributed by atoms with Gasteiger partial charge in [-0.25, -0.2) is 0 Å². The summed E-state index contributed by atoms with van der Waals surface area (Å²) in [5.41, 5.74) is 2.35. The van der Waals surface area contributed by atoms with Crippen molar-refractivity contribution >= 4 is 34.2 Å². The highest BCUT2D eigenvalue weighted by Crippen LogP contribution is 2.37. The lowest BCUT2D eigenvalue weighted by Gasteiger charge is -2.31. The molecule has 1 aliphatic heterocycles. The van der Waals surface area contributed by atoms with Gasteiger partial charge in [-0.05, 0) is 63.6 Å². The second-order valence-corrected chi connectivity index (χ2v) is 10.5. The third kappa shape index (κ3) is 5.59. The van der Waals surface area contributed by atoms with Crippen molar-refractivity contribution in [2.75, 3.05) is 18.0 Å². The van der Waals surface area contributed by atoms with Gasteiger partial charge in [-0.2, -0.15) is 0 Å². The molecule has 0 spiro atoms. The molecule has 0 saturated heterocycles. The van der Waals surface area contributed by atoms with E-state index in [9.17, 15) is 14.4 Å². The monoisotopic (exact) mass is 485 g/mol. The van der Waals surface area contributed by atoms with Crippen molar-refractivity contribution in [3.63, 3.8) is 0 Å². The van der Waals surface area contributed by atoms with Crippen molar-refractivity contribution in [1.82, 2.24) is 10.2 Å². The minimum absolute atomic E-state index is 0.0203. The average Bonchev–Trinajstić information content (AvgIpc) is 3.12. The number of rotatable bonds is 9. The number of anilines is 1. The van der Waals surface area contributed by atoms with Gasteiger partial charge in [0.1, 0.15) is 6.04 Å². The maximum atomic E-state index is 13.4. The number of amides is 3. The van der Waals surface area contributed by atoms with Crippen molar-refractivity contribution in [3.05, 3.63) is 77.9 Å². The van der Waals surface area contributed by atoms with Crippen LogP contribution in [0.5, 0.6) is 0 Å². The van der Waals surface area contributed by atoms with E-state index in [1.807, 2.05) is 87.5 Å².